The quantitative estimate of drug-likeness (QED) is 0.439. The van der Waals surface area contributed by atoms with Gasteiger partial charge < -0.3 is 30.0 Å². The lowest BCUT2D eigenvalue weighted by atomic mass is 10.1. The zero-order chi connectivity index (χ0) is 25.2. The van der Waals surface area contributed by atoms with Gasteiger partial charge in [0.15, 0.2) is 24.8 Å². The number of nitrogens with zero attached hydrogens (tertiary/aromatic N) is 2. The molecule has 0 spiro atoms. The maximum absolute atomic E-state index is 14.4. The number of aliphatic carboxylic acids is 1. The van der Waals surface area contributed by atoms with E-state index in [4.69, 9.17) is 19.3 Å². The second-order valence-corrected chi connectivity index (χ2v) is 8.96. The number of aromatic nitrogens is 1. The zero-order valence-corrected chi connectivity index (χ0v) is 19.3. The van der Waals surface area contributed by atoms with Crippen molar-refractivity contribution in [3.05, 3.63) is 41.2 Å². The van der Waals surface area contributed by atoms with E-state index >= 15 is 0 Å². The first-order chi connectivity index (χ1) is 17.4. The van der Waals surface area contributed by atoms with Crippen LogP contribution in [0.1, 0.15) is 17.5 Å². The van der Waals surface area contributed by atoms with Crippen LogP contribution in [0.2, 0.25) is 0 Å². The number of fused-ring (bicyclic) bond motifs is 2. The van der Waals surface area contributed by atoms with Gasteiger partial charge in [0.05, 0.1) is 6.54 Å². The van der Waals surface area contributed by atoms with Crippen LogP contribution in [0, 0.1) is 11.7 Å². The molecule has 3 aliphatic rings. The number of rotatable bonds is 9. The lowest BCUT2D eigenvalue weighted by Crippen LogP contribution is -2.30. The van der Waals surface area contributed by atoms with Crippen LogP contribution in [0.15, 0.2) is 24.3 Å². The molecule has 1 fully saturated rings. The third kappa shape index (κ3) is 5.18. The van der Waals surface area contributed by atoms with E-state index in [2.05, 4.69) is 15.6 Å². The summed E-state index contributed by atoms with van der Waals surface area (Å²) in [6.45, 7) is 1.02. The molecule has 12 heteroatoms. The van der Waals surface area contributed by atoms with Crippen molar-refractivity contribution in [1.82, 2.24) is 10.3 Å². The molecule has 36 heavy (non-hydrogen) atoms. The minimum absolute atomic E-state index is 0.0704. The second kappa shape index (κ2) is 9.97. The number of carbonyl (C=O) groups is 3. The van der Waals surface area contributed by atoms with Crippen LogP contribution in [0.4, 0.5) is 20.8 Å². The molecule has 1 aromatic carbocycles. The Kier molecular flexibility index (Phi) is 6.59. The van der Waals surface area contributed by atoms with Crippen molar-refractivity contribution in [2.45, 2.75) is 25.4 Å². The minimum atomic E-state index is -1.11. The first-order valence-corrected chi connectivity index (χ1v) is 11.6. The molecule has 2 amide bonds. The maximum atomic E-state index is 14.4. The number of amides is 2. The standard InChI is InChI=1S/C24H25FN4O7/c25-18-8-16(34-12-22(31)32)7-14-5-13(6-17(14)18)9-26-4-3-15-10-29(24(33)36-15)20-2-1-19-23(27-20)28-21(30)11-35-19/h1-2,7-8,13,15,26H,3-6,9-12H2,(H,31,32)(H,27,28,30). The highest BCUT2D eigenvalue weighted by atomic mass is 19.1. The van der Waals surface area contributed by atoms with Gasteiger partial charge in [-0.25, -0.2) is 19.0 Å². The van der Waals surface area contributed by atoms with Crippen molar-refractivity contribution in [2.75, 3.05) is 43.1 Å². The summed E-state index contributed by atoms with van der Waals surface area (Å²) in [5, 5.41) is 14.7. The van der Waals surface area contributed by atoms with Crippen LogP contribution < -0.4 is 25.0 Å². The topological polar surface area (TPSA) is 139 Å². The van der Waals surface area contributed by atoms with E-state index in [0.717, 1.165) is 5.56 Å². The number of halogens is 1. The van der Waals surface area contributed by atoms with Crippen LogP contribution in [0.25, 0.3) is 0 Å². The monoisotopic (exact) mass is 500 g/mol. The molecule has 2 unspecified atom stereocenters. The largest absolute Gasteiger partial charge is 0.482 e. The first-order valence-electron chi connectivity index (χ1n) is 11.6. The van der Waals surface area contributed by atoms with Gasteiger partial charge in [0, 0.05) is 6.07 Å². The summed E-state index contributed by atoms with van der Waals surface area (Å²) in [6, 6.07) is 6.24. The number of nitrogens with one attached hydrogen (secondary N) is 2. The van der Waals surface area contributed by atoms with Gasteiger partial charge in [0.1, 0.15) is 23.5 Å². The summed E-state index contributed by atoms with van der Waals surface area (Å²) in [5.74, 6) is -0.285. The summed E-state index contributed by atoms with van der Waals surface area (Å²) >= 11 is 0. The fourth-order valence-corrected chi connectivity index (χ4v) is 4.65. The van der Waals surface area contributed by atoms with Gasteiger partial charge in [0.25, 0.3) is 5.91 Å². The molecule has 1 saturated heterocycles. The highest BCUT2D eigenvalue weighted by molar-refractivity contribution is 5.95. The minimum Gasteiger partial charge on any atom is -0.482 e. The number of hydrogen-bond acceptors (Lipinski definition) is 8. The summed E-state index contributed by atoms with van der Waals surface area (Å²) in [5.41, 5.74) is 1.48. The number of carboxylic acids is 1. The van der Waals surface area contributed by atoms with Gasteiger partial charge in [0.2, 0.25) is 0 Å². The van der Waals surface area contributed by atoms with Gasteiger partial charge >= 0.3 is 12.1 Å². The molecular weight excluding hydrogens is 475 g/mol. The second-order valence-electron chi connectivity index (χ2n) is 8.96. The smallest absolute Gasteiger partial charge is 0.415 e. The Bertz CT molecular complexity index is 1210. The molecule has 3 N–H and O–H groups in total. The van der Waals surface area contributed by atoms with Crippen LogP contribution in [-0.2, 0) is 27.2 Å². The lowest BCUT2D eigenvalue weighted by Gasteiger charge is -2.19. The third-order valence-corrected chi connectivity index (χ3v) is 6.31. The van der Waals surface area contributed by atoms with Crippen molar-refractivity contribution < 1.29 is 38.1 Å². The molecule has 3 heterocycles. The Morgan fingerprint density at radius 1 is 1.31 bits per heavy atom. The van der Waals surface area contributed by atoms with Crippen molar-refractivity contribution in [3.63, 3.8) is 0 Å². The fourth-order valence-electron chi connectivity index (χ4n) is 4.65. The van der Waals surface area contributed by atoms with E-state index in [9.17, 15) is 18.8 Å². The number of ether oxygens (including phenoxy) is 3. The third-order valence-electron chi connectivity index (χ3n) is 6.31. The fraction of sp³-hybridized carbons (Fsp3) is 0.417. The highest BCUT2D eigenvalue weighted by Gasteiger charge is 2.34. The Balaban J connectivity index is 1.08. The number of anilines is 2. The lowest BCUT2D eigenvalue weighted by molar-refractivity contribution is -0.139. The first kappa shape index (κ1) is 23.8. The predicted molar refractivity (Wildman–Crippen MR) is 124 cm³/mol. The molecule has 0 saturated carbocycles. The van der Waals surface area contributed by atoms with E-state index in [1.165, 1.54) is 11.0 Å². The van der Waals surface area contributed by atoms with Gasteiger partial charge in [-0.15, -0.1) is 0 Å². The van der Waals surface area contributed by atoms with E-state index in [1.807, 2.05) is 0 Å². The van der Waals surface area contributed by atoms with E-state index in [0.29, 0.717) is 56.0 Å². The molecule has 1 aromatic heterocycles. The Morgan fingerprint density at radius 3 is 3.00 bits per heavy atom. The van der Waals surface area contributed by atoms with Crippen LogP contribution in [0.5, 0.6) is 11.5 Å². The number of carbonyl (C=O) groups excluding carboxylic acids is 2. The van der Waals surface area contributed by atoms with Gasteiger partial charge in [-0.2, -0.15) is 0 Å². The Morgan fingerprint density at radius 2 is 2.17 bits per heavy atom. The molecule has 190 valence electrons. The normalized spacial score (nSPS) is 20.3. The molecule has 0 bridgehead atoms. The molecule has 5 rings (SSSR count). The van der Waals surface area contributed by atoms with E-state index in [-0.39, 0.29) is 41.9 Å². The van der Waals surface area contributed by atoms with Gasteiger partial charge in [-0.05, 0) is 67.6 Å². The Labute approximate surface area is 205 Å². The number of hydrogen-bond donors (Lipinski definition) is 3. The summed E-state index contributed by atoms with van der Waals surface area (Å²) in [6.07, 6.45) is 1.02. The van der Waals surface area contributed by atoms with Crippen molar-refractivity contribution in [3.8, 4) is 11.5 Å². The van der Waals surface area contributed by atoms with Crippen LogP contribution in [-0.4, -0.2) is 67.0 Å². The maximum Gasteiger partial charge on any atom is 0.415 e. The van der Waals surface area contributed by atoms with Crippen molar-refractivity contribution in [2.24, 2.45) is 5.92 Å². The van der Waals surface area contributed by atoms with Crippen molar-refractivity contribution >= 4 is 29.6 Å². The van der Waals surface area contributed by atoms with E-state index < -0.39 is 18.7 Å². The number of cyclic esters (lactones) is 1. The average molecular weight is 500 g/mol. The SMILES string of the molecule is O=C(O)COc1cc(F)c2c(c1)CC(CNCCC1CN(c3ccc4c(n3)NC(=O)CO4)C(=O)O1)C2. The molecule has 2 atom stereocenters. The predicted octanol–water partition coefficient (Wildman–Crippen LogP) is 1.73. The molecule has 2 aromatic rings. The summed E-state index contributed by atoms with van der Waals surface area (Å²) in [7, 11) is 0. The van der Waals surface area contributed by atoms with Crippen molar-refractivity contribution in [1.29, 1.82) is 0 Å². The number of carboxylic acid groups (broad SMARTS) is 1. The average Bonchev–Trinajstić information content (AvgIpc) is 3.43. The Hall–Kier alpha value is -3.93. The molecule has 0 radical (unpaired) electrons. The van der Waals surface area contributed by atoms with Gasteiger partial charge in [-0.3, -0.25) is 9.69 Å². The molecule has 2 aliphatic heterocycles. The number of benzene rings is 1. The number of pyridine rings is 1. The molecule has 11 nitrogen and oxygen atoms in total. The van der Waals surface area contributed by atoms with Gasteiger partial charge in [-0.1, -0.05) is 0 Å². The van der Waals surface area contributed by atoms with E-state index in [1.54, 1.807) is 18.2 Å². The van der Waals surface area contributed by atoms with Crippen LogP contribution in [0.3, 0.4) is 0 Å². The molecule has 1 aliphatic carbocycles. The van der Waals surface area contributed by atoms with Crippen LogP contribution >= 0.6 is 0 Å². The summed E-state index contributed by atoms with van der Waals surface area (Å²) in [4.78, 5) is 40.3. The summed E-state index contributed by atoms with van der Waals surface area (Å²) < 4.78 is 30.3. The zero-order valence-electron chi connectivity index (χ0n) is 19.3. The highest BCUT2D eigenvalue weighted by Crippen LogP contribution is 2.33. The molecular formula is C24H25FN4O7.